The van der Waals surface area contributed by atoms with Gasteiger partial charge in [-0.25, -0.2) is 4.68 Å². The highest BCUT2D eigenvalue weighted by Gasteiger charge is 2.16. The average Bonchev–Trinajstić information content (AvgIpc) is 3.30. The average molecular weight is 401 g/mol. The summed E-state index contributed by atoms with van der Waals surface area (Å²) in [7, 11) is 1.56. The van der Waals surface area contributed by atoms with E-state index in [9.17, 15) is 9.59 Å². The molecule has 0 spiro atoms. The smallest absolute Gasteiger partial charge is 0.310 e. The Morgan fingerprint density at radius 2 is 2.21 bits per heavy atom. The van der Waals surface area contributed by atoms with Crippen LogP contribution in [-0.2, 0) is 16.3 Å². The number of aldehydes is 1. The Kier molecular flexibility index (Phi) is 6.18. The van der Waals surface area contributed by atoms with Crippen LogP contribution in [0.2, 0.25) is 0 Å². The second-order valence-corrected chi connectivity index (χ2v) is 7.63. The molecule has 0 aliphatic carbocycles. The zero-order valence-corrected chi connectivity index (χ0v) is 16.6. The third-order valence-corrected chi connectivity index (χ3v) is 5.61. The van der Waals surface area contributed by atoms with Gasteiger partial charge in [-0.3, -0.25) is 14.8 Å². The first-order valence-electron chi connectivity index (χ1n) is 8.91. The van der Waals surface area contributed by atoms with Crippen molar-refractivity contribution in [2.24, 2.45) is 5.73 Å². The van der Waals surface area contributed by atoms with E-state index < -0.39 is 6.04 Å². The molecule has 0 saturated carbocycles. The first-order chi connectivity index (χ1) is 13.4. The van der Waals surface area contributed by atoms with Crippen LogP contribution in [0.15, 0.2) is 35.3 Å². The third kappa shape index (κ3) is 4.11. The van der Waals surface area contributed by atoms with Gasteiger partial charge in [-0.15, -0.1) is 0 Å². The number of ether oxygens (including phenoxy) is 1. The summed E-state index contributed by atoms with van der Waals surface area (Å²) in [6.45, 7) is 2.27. The second kappa shape index (κ2) is 8.59. The van der Waals surface area contributed by atoms with Gasteiger partial charge in [0.05, 0.1) is 22.0 Å². The lowest BCUT2D eigenvalue weighted by molar-refractivity contribution is -0.109. The van der Waals surface area contributed by atoms with Crippen LogP contribution in [-0.4, -0.2) is 39.6 Å². The molecule has 3 rings (SSSR count). The van der Waals surface area contributed by atoms with Crippen LogP contribution in [0, 0.1) is 5.41 Å². The van der Waals surface area contributed by atoms with Crippen molar-refractivity contribution >= 4 is 33.7 Å². The summed E-state index contributed by atoms with van der Waals surface area (Å²) in [6, 6.07) is 7.24. The molecule has 9 heteroatoms. The lowest BCUT2D eigenvalue weighted by Crippen LogP contribution is -2.24. The predicted molar refractivity (Wildman–Crippen MR) is 109 cm³/mol. The van der Waals surface area contributed by atoms with E-state index in [0.29, 0.717) is 25.0 Å². The molecule has 0 saturated heterocycles. The zero-order valence-electron chi connectivity index (χ0n) is 15.8. The van der Waals surface area contributed by atoms with Crippen LogP contribution < -0.4 is 10.6 Å². The predicted octanol–water partition coefficient (Wildman–Crippen LogP) is 2.15. The van der Waals surface area contributed by atoms with Gasteiger partial charge < -0.3 is 15.3 Å². The van der Waals surface area contributed by atoms with Gasteiger partial charge in [0, 0.05) is 25.6 Å². The van der Waals surface area contributed by atoms with Crippen molar-refractivity contribution < 1.29 is 9.53 Å². The molecule has 0 aliphatic heterocycles. The number of hydrogen-bond donors (Lipinski definition) is 2. The molecule has 0 aliphatic rings. The standard InChI is InChI=1S/C19H23N5O3S/c1-12(15-7-8-24(22-15)18(21)6-4-14(20)10-25)13-3-5-16-17(9-13)28-19(26)23(16)11-27-2/h3,5,7-10,12,14,21H,4,6,11,20H2,1-2H3. The largest absolute Gasteiger partial charge is 0.364 e. The Morgan fingerprint density at radius 3 is 2.93 bits per heavy atom. The summed E-state index contributed by atoms with van der Waals surface area (Å²) in [4.78, 5) is 22.7. The summed E-state index contributed by atoms with van der Waals surface area (Å²) in [5.74, 6) is 0.296. The van der Waals surface area contributed by atoms with Gasteiger partial charge in [0.1, 0.15) is 18.9 Å². The van der Waals surface area contributed by atoms with E-state index >= 15 is 0 Å². The van der Waals surface area contributed by atoms with Crippen LogP contribution in [0.25, 0.3) is 10.2 Å². The van der Waals surface area contributed by atoms with Crippen molar-refractivity contribution in [3.05, 3.63) is 51.4 Å². The Balaban J connectivity index is 1.80. The van der Waals surface area contributed by atoms with Crippen molar-refractivity contribution in [2.75, 3.05) is 7.11 Å². The minimum Gasteiger partial charge on any atom is -0.364 e. The summed E-state index contributed by atoms with van der Waals surface area (Å²) in [6.07, 6.45) is 3.23. The van der Waals surface area contributed by atoms with Crippen molar-refractivity contribution in [3.63, 3.8) is 0 Å². The zero-order chi connectivity index (χ0) is 20.3. The van der Waals surface area contributed by atoms with Crippen LogP contribution in [0.5, 0.6) is 0 Å². The van der Waals surface area contributed by atoms with Gasteiger partial charge in [-0.1, -0.05) is 24.3 Å². The van der Waals surface area contributed by atoms with E-state index in [1.807, 2.05) is 31.2 Å². The number of aromatic nitrogens is 3. The van der Waals surface area contributed by atoms with E-state index in [1.54, 1.807) is 17.9 Å². The number of methoxy groups -OCH3 is 1. The molecule has 0 bridgehead atoms. The maximum Gasteiger partial charge on any atom is 0.310 e. The van der Waals surface area contributed by atoms with Gasteiger partial charge in [-0.2, -0.15) is 5.10 Å². The van der Waals surface area contributed by atoms with Crippen LogP contribution >= 0.6 is 11.3 Å². The van der Waals surface area contributed by atoms with Crippen LogP contribution in [0.1, 0.15) is 36.9 Å². The summed E-state index contributed by atoms with van der Waals surface area (Å²) < 4.78 is 9.12. The van der Waals surface area contributed by atoms with Gasteiger partial charge >= 0.3 is 4.87 Å². The Hall–Kier alpha value is -2.62. The molecule has 8 nitrogen and oxygen atoms in total. The van der Waals surface area contributed by atoms with Crippen molar-refractivity contribution in [1.29, 1.82) is 5.41 Å². The molecule has 0 fully saturated rings. The first-order valence-corrected chi connectivity index (χ1v) is 9.72. The SMILES string of the molecule is COCn1c(=O)sc2cc(C(C)c3ccn(C(=N)CCC(N)C=O)n3)ccc21. The summed E-state index contributed by atoms with van der Waals surface area (Å²) in [5, 5.41) is 12.6. The van der Waals surface area contributed by atoms with E-state index in [4.69, 9.17) is 15.9 Å². The molecular formula is C19H23N5O3S. The monoisotopic (exact) mass is 401 g/mol. The Labute approximate surface area is 166 Å². The van der Waals surface area contributed by atoms with Crippen molar-refractivity contribution in [1.82, 2.24) is 14.3 Å². The molecule has 2 heterocycles. The maximum absolute atomic E-state index is 12.1. The van der Waals surface area contributed by atoms with Crippen LogP contribution in [0.3, 0.4) is 0 Å². The van der Waals surface area contributed by atoms with Crippen molar-refractivity contribution in [2.45, 2.75) is 38.5 Å². The lowest BCUT2D eigenvalue weighted by atomic mass is 9.98. The molecule has 148 valence electrons. The first kappa shape index (κ1) is 20.1. The second-order valence-electron chi connectivity index (χ2n) is 6.63. The third-order valence-electron chi connectivity index (χ3n) is 4.67. The molecule has 1 aromatic carbocycles. The highest BCUT2D eigenvalue weighted by molar-refractivity contribution is 7.16. The number of nitrogens with one attached hydrogen (secondary N) is 1. The van der Waals surface area contributed by atoms with Crippen LogP contribution in [0.4, 0.5) is 0 Å². The number of nitrogens with zero attached hydrogens (tertiary/aromatic N) is 3. The van der Waals surface area contributed by atoms with E-state index in [-0.39, 0.29) is 17.5 Å². The minimum absolute atomic E-state index is 0.00348. The molecule has 2 aromatic heterocycles. The van der Waals surface area contributed by atoms with Gasteiger partial charge in [0.25, 0.3) is 0 Å². The Bertz CT molecular complexity index is 1050. The highest BCUT2D eigenvalue weighted by Crippen LogP contribution is 2.27. The molecule has 28 heavy (non-hydrogen) atoms. The molecule has 2 atom stereocenters. The van der Waals surface area contributed by atoms with E-state index in [0.717, 1.165) is 21.5 Å². The van der Waals surface area contributed by atoms with Gasteiger partial charge in [-0.05, 0) is 30.2 Å². The minimum atomic E-state index is -0.557. The van der Waals surface area contributed by atoms with Crippen molar-refractivity contribution in [3.8, 4) is 0 Å². The normalized spacial score (nSPS) is 13.5. The molecule has 2 unspecified atom stereocenters. The number of carbonyl (C=O) groups is 1. The number of thiazole rings is 1. The number of fused-ring (bicyclic) bond motifs is 1. The summed E-state index contributed by atoms with van der Waals surface area (Å²) in [5.41, 5.74) is 8.30. The number of carbonyl (C=O) groups excluding carboxylic acids is 1. The lowest BCUT2D eigenvalue weighted by Gasteiger charge is -2.10. The number of benzene rings is 1. The topological polar surface area (TPSA) is 116 Å². The number of hydrogen-bond acceptors (Lipinski definition) is 7. The fourth-order valence-corrected chi connectivity index (χ4v) is 3.91. The Morgan fingerprint density at radius 1 is 1.43 bits per heavy atom. The van der Waals surface area contributed by atoms with E-state index in [1.165, 1.54) is 16.0 Å². The number of nitrogens with two attached hydrogens (primary N) is 1. The molecular weight excluding hydrogens is 378 g/mol. The van der Waals surface area contributed by atoms with Gasteiger partial charge in [0.2, 0.25) is 0 Å². The summed E-state index contributed by atoms with van der Waals surface area (Å²) >= 11 is 1.19. The quantitative estimate of drug-likeness (QED) is 0.341. The molecule has 0 radical (unpaired) electrons. The fraction of sp³-hybridized carbons (Fsp3) is 0.368. The molecule has 0 amide bonds. The fourth-order valence-electron chi connectivity index (χ4n) is 2.98. The van der Waals surface area contributed by atoms with E-state index in [2.05, 4.69) is 5.10 Å². The maximum atomic E-state index is 12.1. The molecule has 3 aromatic rings. The molecule has 3 N–H and O–H groups in total. The number of rotatable bonds is 8. The highest BCUT2D eigenvalue weighted by atomic mass is 32.1. The van der Waals surface area contributed by atoms with Gasteiger partial charge in [0.15, 0.2) is 0 Å².